The van der Waals surface area contributed by atoms with E-state index in [4.69, 9.17) is 17.2 Å². The van der Waals surface area contributed by atoms with Crippen molar-refractivity contribution >= 4 is 53.1 Å². The van der Waals surface area contributed by atoms with Crippen molar-refractivity contribution in [3.8, 4) is 0 Å². The molecule has 0 aliphatic heterocycles. The fourth-order valence-electron chi connectivity index (χ4n) is 4.42. The van der Waals surface area contributed by atoms with E-state index in [-0.39, 0.29) is 43.4 Å². The van der Waals surface area contributed by atoms with Crippen LogP contribution in [0.2, 0.25) is 0 Å². The summed E-state index contributed by atoms with van der Waals surface area (Å²) in [6.07, 6.45) is 3.17. The van der Waals surface area contributed by atoms with E-state index < -0.39 is 35.8 Å². The summed E-state index contributed by atoms with van der Waals surface area (Å²) in [6, 6.07) is 14.0. The summed E-state index contributed by atoms with van der Waals surface area (Å²) in [5.41, 5.74) is 18.9. The third kappa shape index (κ3) is 9.84. The molecule has 0 aliphatic carbocycles. The summed E-state index contributed by atoms with van der Waals surface area (Å²) in [4.78, 5) is 58.7. The van der Waals surface area contributed by atoms with Gasteiger partial charge in [-0.3, -0.25) is 24.2 Å². The van der Waals surface area contributed by atoms with Gasteiger partial charge < -0.3 is 38.1 Å². The highest BCUT2D eigenvalue weighted by Crippen LogP contribution is 2.19. The second kappa shape index (κ2) is 16.1. The van der Waals surface area contributed by atoms with E-state index in [9.17, 15) is 19.2 Å². The predicted molar refractivity (Wildman–Crippen MR) is 166 cm³/mol. The Labute approximate surface area is 249 Å². The lowest BCUT2D eigenvalue weighted by Gasteiger charge is -2.24. The first-order valence-corrected chi connectivity index (χ1v) is 14.3. The summed E-state index contributed by atoms with van der Waals surface area (Å²) >= 11 is 4.10. The molecule has 224 valence electrons. The summed E-state index contributed by atoms with van der Waals surface area (Å²) in [7, 11) is 0. The predicted octanol–water partition coefficient (Wildman–Crippen LogP) is 0.266. The summed E-state index contributed by atoms with van der Waals surface area (Å²) < 4.78 is 0. The van der Waals surface area contributed by atoms with E-state index in [1.165, 1.54) is 0 Å². The molecule has 0 radical (unpaired) electrons. The number of H-pyrrole nitrogens is 1. The van der Waals surface area contributed by atoms with Crippen molar-refractivity contribution in [2.24, 2.45) is 22.2 Å². The molecule has 10 N–H and O–H groups in total. The third-order valence-corrected chi connectivity index (χ3v) is 7.02. The zero-order chi connectivity index (χ0) is 30.5. The Morgan fingerprint density at radius 3 is 2.21 bits per heavy atom. The van der Waals surface area contributed by atoms with E-state index in [2.05, 4.69) is 38.6 Å². The van der Waals surface area contributed by atoms with Gasteiger partial charge in [0.2, 0.25) is 23.6 Å². The minimum absolute atomic E-state index is 0.0142. The number of rotatable bonds is 16. The third-order valence-electron chi connectivity index (χ3n) is 6.66. The van der Waals surface area contributed by atoms with Gasteiger partial charge in [-0.15, -0.1) is 0 Å². The summed E-state index contributed by atoms with van der Waals surface area (Å²) in [6.45, 7) is 0.257. The first-order valence-electron chi connectivity index (χ1n) is 13.6. The van der Waals surface area contributed by atoms with Crippen LogP contribution < -0.4 is 33.2 Å². The average Bonchev–Trinajstić information content (AvgIpc) is 3.38. The van der Waals surface area contributed by atoms with Crippen LogP contribution in [0, 0.1) is 0 Å². The fraction of sp³-hybridized carbons (Fsp3) is 0.345. The molecule has 3 aromatic rings. The number of aryl methyl sites for hydroxylation is 1. The van der Waals surface area contributed by atoms with Gasteiger partial charge in [0, 0.05) is 42.2 Å². The second-order valence-corrected chi connectivity index (χ2v) is 10.2. The molecule has 0 fully saturated rings. The van der Waals surface area contributed by atoms with Crippen LogP contribution in [0.25, 0.3) is 10.9 Å². The first kappa shape index (κ1) is 32.0. The van der Waals surface area contributed by atoms with Crippen LogP contribution in [0.4, 0.5) is 0 Å². The molecular weight excluding hydrogens is 556 g/mol. The van der Waals surface area contributed by atoms with Gasteiger partial charge in [0.1, 0.15) is 18.1 Å². The standard InChI is InChI=1S/C29H38N8O4S/c30-26(39)24(17-42)37-28(41)23(15-19-16-34-21-10-5-4-9-20(19)21)36-27(40)22(11-6-14-33-29(31)32)35-25(38)13-12-18-7-2-1-3-8-18/h1-5,7-10,16,22-24,34,42H,6,11-15,17H2,(H2,30,39)(H,35,38)(H,36,40)(H,37,41)(H4,31,32,33)/t22-,23-,24-/m0/s1. The number of nitrogens with one attached hydrogen (secondary N) is 4. The molecule has 0 aliphatic rings. The largest absolute Gasteiger partial charge is 0.370 e. The van der Waals surface area contributed by atoms with E-state index in [0.29, 0.717) is 12.8 Å². The normalized spacial score (nSPS) is 13.0. The Balaban J connectivity index is 1.78. The minimum Gasteiger partial charge on any atom is -0.370 e. The number of benzene rings is 2. The van der Waals surface area contributed by atoms with Crippen LogP contribution in [-0.2, 0) is 32.0 Å². The molecule has 3 rings (SSSR count). The maximum absolute atomic E-state index is 13.6. The van der Waals surface area contributed by atoms with E-state index in [1.54, 1.807) is 6.20 Å². The van der Waals surface area contributed by atoms with Crippen molar-refractivity contribution in [3.63, 3.8) is 0 Å². The van der Waals surface area contributed by atoms with Crippen LogP contribution in [0.3, 0.4) is 0 Å². The molecule has 4 amide bonds. The molecule has 13 heteroatoms. The maximum atomic E-state index is 13.6. The number of aromatic amines is 1. The van der Waals surface area contributed by atoms with Crippen LogP contribution in [0.5, 0.6) is 0 Å². The Bertz CT molecular complexity index is 1390. The molecule has 3 atom stereocenters. The number of fused-ring (bicyclic) bond motifs is 1. The Kier molecular flexibility index (Phi) is 12.2. The van der Waals surface area contributed by atoms with E-state index >= 15 is 0 Å². The SMILES string of the molecule is NC(=O)[C@H](CS)NC(=O)[C@H](Cc1c[nH]c2ccccc12)NC(=O)[C@H](CCCN=C(N)N)NC(=O)CCc1ccccc1. The molecule has 0 spiro atoms. The van der Waals surface area contributed by atoms with Crippen molar-refractivity contribution in [2.75, 3.05) is 12.3 Å². The highest BCUT2D eigenvalue weighted by atomic mass is 32.1. The number of aliphatic imine (C=N–C) groups is 1. The smallest absolute Gasteiger partial charge is 0.243 e. The zero-order valence-corrected chi connectivity index (χ0v) is 24.1. The molecule has 1 heterocycles. The van der Waals surface area contributed by atoms with Crippen molar-refractivity contribution in [3.05, 3.63) is 71.9 Å². The van der Waals surface area contributed by atoms with Gasteiger partial charge in [0.15, 0.2) is 5.96 Å². The van der Waals surface area contributed by atoms with Gasteiger partial charge in [-0.05, 0) is 36.5 Å². The monoisotopic (exact) mass is 594 g/mol. The van der Waals surface area contributed by atoms with Crippen LogP contribution in [-0.4, -0.2) is 65.0 Å². The number of carbonyl (C=O) groups is 4. The number of hydrogen-bond acceptors (Lipinski definition) is 6. The second-order valence-electron chi connectivity index (χ2n) is 9.83. The van der Waals surface area contributed by atoms with E-state index in [0.717, 1.165) is 22.0 Å². The number of aromatic nitrogens is 1. The number of primary amides is 1. The number of guanidine groups is 1. The van der Waals surface area contributed by atoms with Crippen molar-refractivity contribution in [1.29, 1.82) is 0 Å². The number of thiol groups is 1. The zero-order valence-electron chi connectivity index (χ0n) is 23.2. The van der Waals surface area contributed by atoms with Gasteiger partial charge in [-0.2, -0.15) is 12.6 Å². The number of nitrogens with zero attached hydrogens (tertiary/aromatic N) is 1. The quantitative estimate of drug-likeness (QED) is 0.0504. The molecule has 42 heavy (non-hydrogen) atoms. The van der Waals surface area contributed by atoms with Gasteiger partial charge in [-0.1, -0.05) is 48.5 Å². The summed E-state index contributed by atoms with van der Waals surface area (Å²) in [5, 5.41) is 9.02. The Hall–Kier alpha value is -4.52. The van der Waals surface area contributed by atoms with Crippen molar-refractivity contribution < 1.29 is 19.2 Å². The molecule has 1 aromatic heterocycles. The lowest BCUT2D eigenvalue weighted by atomic mass is 10.0. The average molecular weight is 595 g/mol. The highest BCUT2D eigenvalue weighted by molar-refractivity contribution is 7.80. The van der Waals surface area contributed by atoms with Gasteiger partial charge in [0.05, 0.1) is 0 Å². The lowest BCUT2D eigenvalue weighted by molar-refractivity contribution is -0.133. The first-order chi connectivity index (χ1) is 20.2. The van der Waals surface area contributed by atoms with Gasteiger partial charge >= 0.3 is 0 Å². The molecule has 2 aromatic carbocycles. The number of para-hydroxylation sites is 1. The highest BCUT2D eigenvalue weighted by Gasteiger charge is 2.29. The molecule has 0 saturated heterocycles. The number of hydrogen-bond donors (Lipinski definition) is 8. The minimum atomic E-state index is -1.08. The molecule has 12 nitrogen and oxygen atoms in total. The maximum Gasteiger partial charge on any atom is 0.243 e. The topological polar surface area (TPSA) is 211 Å². The molecule has 0 unspecified atom stereocenters. The van der Waals surface area contributed by atoms with Crippen LogP contribution >= 0.6 is 12.6 Å². The summed E-state index contributed by atoms with van der Waals surface area (Å²) in [5.74, 6) is -2.33. The van der Waals surface area contributed by atoms with Gasteiger partial charge in [0.25, 0.3) is 0 Å². The van der Waals surface area contributed by atoms with Crippen molar-refractivity contribution in [1.82, 2.24) is 20.9 Å². The molecule has 0 bridgehead atoms. The lowest BCUT2D eigenvalue weighted by Crippen LogP contribution is -2.57. The van der Waals surface area contributed by atoms with Gasteiger partial charge in [-0.25, -0.2) is 0 Å². The van der Waals surface area contributed by atoms with Crippen LogP contribution in [0.15, 0.2) is 65.8 Å². The van der Waals surface area contributed by atoms with E-state index in [1.807, 2.05) is 54.6 Å². The number of nitrogens with two attached hydrogens (primary N) is 3. The van der Waals surface area contributed by atoms with Crippen LogP contribution in [0.1, 0.15) is 30.4 Å². The number of amides is 4. The molecule has 0 saturated carbocycles. The van der Waals surface area contributed by atoms with Crippen molar-refractivity contribution in [2.45, 2.75) is 50.2 Å². The molecular formula is C29H38N8O4S. The fourth-order valence-corrected chi connectivity index (χ4v) is 4.69. The number of carbonyl (C=O) groups excluding carboxylic acids is 4. The Morgan fingerprint density at radius 1 is 0.857 bits per heavy atom. The Morgan fingerprint density at radius 2 is 1.52 bits per heavy atom.